The molecule has 1 fully saturated rings. The van der Waals surface area contributed by atoms with Crippen LogP contribution < -0.4 is 5.43 Å². The van der Waals surface area contributed by atoms with Gasteiger partial charge < -0.3 is 50.0 Å². The van der Waals surface area contributed by atoms with Crippen LogP contribution in [0, 0.1) is 0 Å². The van der Waals surface area contributed by atoms with E-state index in [-0.39, 0.29) is 28.0 Å². The number of aliphatic hydroxyl groups excluding tert-OH is 4. The fourth-order valence-electron chi connectivity index (χ4n) is 3.50. The molecule has 31 heavy (non-hydrogen) atoms. The molecule has 164 valence electrons. The van der Waals surface area contributed by atoms with E-state index in [1.807, 2.05) is 0 Å². The van der Waals surface area contributed by atoms with Crippen LogP contribution in [0.25, 0.3) is 22.3 Å². The van der Waals surface area contributed by atoms with Crippen molar-refractivity contribution >= 4 is 11.0 Å². The maximum absolute atomic E-state index is 12.7. The molecule has 0 bridgehead atoms. The zero-order valence-electron chi connectivity index (χ0n) is 15.6. The molecule has 1 aromatic heterocycles. The van der Waals surface area contributed by atoms with Crippen LogP contribution in [0.3, 0.4) is 0 Å². The summed E-state index contributed by atoms with van der Waals surface area (Å²) in [4.78, 5) is 12.7. The fourth-order valence-corrected chi connectivity index (χ4v) is 3.50. The van der Waals surface area contributed by atoms with Crippen molar-refractivity contribution in [2.24, 2.45) is 0 Å². The van der Waals surface area contributed by atoms with Gasteiger partial charge in [-0.05, 0) is 18.2 Å². The van der Waals surface area contributed by atoms with Gasteiger partial charge in [0.1, 0.15) is 52.6 Å². The topological polar surface area (TPSA) is 201 Å². The van der Waals surface area contributed by atoms with E-state index in [1.165, 1.54) is 12.1 Å². The molecule has 0 saturated carbocycles. The molecule has 1 aliphatic heterocycles. The van der Waals surface area contributed by atoms with Gasteiger partial charge in [0.2, 0.25) is 0 Å². The summed E-state index contributed by atoms with van der Waals surface area (Å²) < 4.78 is 10.6. The zero-order chi connectivity index (χ0) is 22.6. The Balaban J connectivity index is 1.87. The highest BCUT2D eigenvalue weighted by Crippen LogP contribution is 2.44. The molecule has 0 aliphatic carbocycles. The van der Waals surface area contributed by atoms with Crippen molar-refractivity contribution in [3.8, 4) is 34.3 Å². The van der Waals surface area contributed by atoms with Crippen molar-refractivity contribution in [3.05, 3.63) is 46.1 Å². The van der Waals surface area contributed by atoms with Crippen molar-refractivity contribution in [1.82, 2.24) is 0 Å². The SMILES string of the molecule is O=c1cc(-c2ccc(O)c(O)c2)oc2cc(O)c([C@H]3O[C@H](O)[C@@H](O)[C@H](O)[C@H]3O)c(O)c12. The van der Waals surface area contributed by atoms with E-state index >= 15 is 0 Å². The Morgan fingerprint density at radius 1 is 0.774 bits per heavy atom. The number of aromatic hydroxyl groups is 4. The maximum atomic E-state index is 12.7. The summed E-state index contributed by atoms with van der Waals surface area (Å²) in [6.45, 7) is 0. The maximum Gasteiger partial charge on any atom is 0.197 e. The van der Waals surface area contributed by atoms with Crippen LogP contribution >= 0.6 is 0 Å². The molecule has 1 saturated heterocycles. The average molecular weight is 434 g/mol. The monoisotopic (exact) mass is 434 g/mol. The summed E-state index contributed by atoms with van der Waals surface area (Å²) in [6, 6.07) is 5.66. The summed E-state index contributed by atoms with van der Waals surface area (Å²) in [6.07, 6.45) is -9.14. The fraction of sp³-hybridized carbons (Fsp3) is 0.250. The van der Waals surface area contributed by atoms with E-state index < -0.39 is 58.9 Å². The first-order valence-corrected chi connectivity index (χ1v) is 9.03. The van der Waals surface area contributed by atoms with Crippen LogP contribution in [-0.2, 0) is 4.74 Å². The summed E-state index contributed by atoms with van der Waals surface area (Å²) in [5, 5.41) is 79.2. The first kappa shape index (κ1) is 20.9. The number of fused-ring (bicyclic) bond motifs is 1. The lowest BCUT2D eigenvalue weighted by atomic mass is 9.91. The quantitative estimate of drug-likeness (QED) is 0.247. The lowest BCUT2D eigenvalue weighted by molar-refractivity contribution is -0.284. The third kappa shape index (κ3) is 3.34. The van der Waals surface area contributed by atoms with Crippen molar-refractivity contribution in [2.45, 2.75) is 30.7 Å². The molecule has 3 aromatic rings. The van der Waals surface area contributed by atoms with Crippen LogP contribution in [0.4, 0.5) is 0 Å². The largest absolute Gasteiger partial charge is 0.507 e. The second kappa shape index (κ2) is 7.41. The standard InChI is InChI=1S/C20H18O11/c21-7-2-1-6(3-8(7)22)11-4-9(23)13-12(30-11)5-10(24)14(15(13)25)19-17(27)16(26)18(28)20(29)31-19/h1-5,16-22,24-29H/t16-,17-,18+,19-,20+/m1/s1. The van der Waals surface area contributed by atoms with Crippen LogP contribution in [0.2, 0.25) is 0 Å². The molecule has 0 radical (unpaired) electrons. The van der Waals surface area contributed by atoms with Crippen LogP contribution in [0.1, 0.15) is 11.7 Å². The first-order chi connectivity index (χ1) is 14.6. The molecule has 5 atom stereocenters. The molecule has 11 heteroatoms. The van der Waals surface area contributed by atoms with Crippen LogP contribution in [0.15, 0.2) is 39.5 Å². The zero-order valence-corrected chi connectivity index (χ0v) is 15.6. The summed E-state index contributed by atoms with van der Waals surface area (Å²) in [5.74, 6) is -2.37. The number of phenolic OH excluding ortho intramolecular Hbond substituents is 4. The lowest BCUT2D eigenvalue weighted by Gasteiger charge is -2.38. The molecule has 2 heterocycles. The number of aliphatic hydroxyl groups is 4. The number of phenols is 4. The Hall–Kier alpha value is -3.35. The number of hydrogen-bond donors (Lipinski definition) is 8. The molecule has 1 aliphatic rings. The van der Waals surface area contributed by atoms with E-state index in [0.29, 0.717) is 0 Å². The van der Waals surface area contributed by atoms with Gasteiger partial charge in [-0.1, -0.05) is 0 Å². The number of hydrogen-bond acceptors (Lipinski definition) is 11. The van der Waals surface area contributed by atoms with Gasteiger partial charge in [0.25, 0.3) is 0 Å². The minimum Gasteiger partial charge on any atom is -0.507 e. The predicted octanol–water partition coefficient (Wildman–Crippen LogP) is -0.245. The summed E-state index contributed by atoms with van der Waals surface area (Å²) >= 11 is 0. The Morgan fingerprint density at radius 2 is 1.48 bits per heavy atom. The molecule has 0 spiro atoms. The Kier molecular flexibility index (Phi) is 5.00. The highest BCUT2D eigenvalue weighted by atomic mass is 16.6. The highest BCUT2D eigenvalue weighted by molar-refractivity contribution is 5.88. The van der Waals surface area contributed by atoms with Gasteiger partial charge in [0, 0.05) is 17.7 Å². The highest BCUT2D eigenvalue weighted by Gasteiger charge is 2.45. The first-order valence-electron chi connectivity index (χ1n) is 9.03. The molecular formula is C20H18O11. The molecular weight excluding hydrogens is 416 g/mol. The number of ether oxygens (including phenoxy) is 1. The number of rotatable bonds is 2. The lowest BCUT2D eigenvalue weighted by Crippen LogP contribution is -2.54. The van der Waals surface area contributed by atoms with Gasteiger partial charge in [-0.15, -0.1) is 0 Å². The minimum atomic E-state index is -1.93. The molecule has 0 amide bonds. The van der Waals surface area contributed by atoms with E-state index in [0.717, 1.165) is 18.2 Å². The summed E-state index contributed by atoms with van der Waals surface area (Å²) in [7, 11) is 0. The van der Waals surface area contributed by atoms with Gasteiger partial charge in [-0.3, -0.25) is 4.79 Å². The molecule has 0 unspecified atom stereocenters. The van der Waals surface area contributed by atoms with Crippen molar-refractivity contribution < 1.29 is 50.0 Å². The van der Waals surface area contributed by atoms with Crippen molar-refractivity contribution in [1.29, 1.82) is 0 Å². The van der Waals surface area contributed by atoms with Gasteiger partial charge in [-0.2, -0.15) is 0 Å². The number of benzene rings is 2. The second-order valence-corrected chi connectivity index (χ2v) is 7.13. The third-order valence-electron chi connectivity index (χ3n) is 5.14. The normalized spacial score (nSPS) is 26.3. The van der Waals surface area contributed by atoms with Crippen molar-refractivity contribution in [2.75, 3.05) is 0 Å². The molecule has 8 N–H and O–H groups in total. The Morgan fingerprint density at radius 3 is 2.16 bits per heavy atom. The van der Waals surface area contributed by atoms with E-state index in [1.54, 1.807) is 0 Å². The Bertz CT molecular complexity index is 1220. The van der Waals surface area contributed by atoms with E-state index in [2.05, 4.69) is 0 Å². The van der Waals surface area contributed by atoms with E-state index in [4.69, 9.17) is 9.15 Å². The van der Waals surface area contributed by atoms with Crippen molar-refractivity contribution in [3.63, 3.8) is 0 Å². The van der Waals surface area contributed by atoms with Gasteiger partial charge in [0.05, 0.1) is 5.56 Å². The molecule has 11 nitrogen and oxygen atoms in total. The molecule has 4 rings (SSSR count). The smallest absolute Gasteiger partial charge is 0.197 e. The van der Waals surface area contributed by atoms with Crippen LogP contribution in [-0.4, -0.2) is 65.5 Å². The van der Waals surface area contributed by atoms with E-state index in [9.17, 15) is 45.6 Å². The minimum absolute atomic E-state index is 0.0396. The third-order valence-corrected chi connectivity index (χ3v) is 5.14. The molecule has 2 aromatic carbocycles. The predicted molar refractivity (Wildman–Crippen MR) is 102 cm³/mol. The Labute approximate surface area is 172 Å². The summed E-state index contributed by atoms with van der Waals surface area (Å²) in [5.41, 5.74) is -1.27. The second-order valence-electron chi connectivity index (χ2n) is 7.13. The van der Waals surface area contributed by atoms with Crippen LogP contribution in [0.5, 0.6) is 23.0 Å². The average Bonchev–Trinajstić information content (AvgIpc) is 2.71. The van der Waals surface area contributed by atoms with Gasteiger partial charge >= 0.3 is 0 Å². The van der Waals surface area contributed by atoms with Gasteiger partial charge in [0.15, 0.2) is 23.2 Å². The van der Waals surface area contributed by atoms with Gasteiger partial charge in [-0.25, -0.2) is 0 Å².